The predicted molar refractivity (Wildman–Crippen MR) is 151 cm³/mol. The molecule has 1 heterocycles. The molecule has 1 unspecified atom stereocenters. The van der Waals surface area contributed by atoms with E-state index in [0.717, 1.165) is 49.1 Å². The second kappa shape index (κ2) is 14.9. The summed E-state index contributed by atoms with van der Waals surface area (Å²) in [4.78, 5) is 17.6. The number of pyridine rings is 1. The van der Waals surface area contributed by atoms with Gasteiger partial charge in [0.2, 0.25) is 0 Å². The van der Waals surface area contributed by atoms with E-state index in [1.165, 1.54) is 24.3 Å². The number of hydrogen-bond acceptors (Lipinski definition) is 4. The van der Waals surface area contributed by atoms with Crippen molar-refractivity contribution in [1.29, 1.82) is 5.26 Å². The van der Waals surface area contributed by atoms with Crippen molar-refractivity contribution in [3.63, 3.8) is 0 Å². The number of rotatable bonds is 5. The number of nitrogens with zero attached hydrogens (tertiary/aromatic N) is 2. The van der Waals surface area contributed by atoms with Crippen LogP contribution in [-0.2, 0) is 12.0 Å². The summed E-state index contributed by atoms with van der Waals surface area (Å²) < 4.78 is 19.4. The first-order valence-corrected chi connectivity index (χ1v) is 13.8. The average Bonchev–Trinajstić information content (AvgIpc) is 3.77. The minimum Gasteiger partial charge on any atom is -0.486 e. The maximum Gasteiger partial charge on any atom is 0.252 e. The van der Waals surface area contributed by atoms with E-state index in [0.29, 0.717) is 16.9 Å². The first-order chi connectivity index (χ1) is 18.6. The van der Waals surface area contributed by atoms with Crippen LogP contribution < -0.4 is 10.1 Å². The zero-order chi connectivity index (χ0) is 28.1. The van der Waals surface area contributed by atoms with Crippen molar-refractivity contribution in [3.05, 3.63) is 94.6 Å². The summed E-state index contributed by atoms with van der Waals surface area (Å²) in [5, 5.41) is 12.2. The lowest BCUT2D eigenvalue weighted by Gasteiger charge is -2.27. The summed E-state index contributed by atoms with van der Waals surface area (Å²) in [6.07, 6.45) is 4.25. The van der Waals surface area contributed by atoms with Crippen LogP contribution in [0.1, 0.15) is 106 Å². The molecule has 1 amide bonds. The third-order valence-corrected chi connectivity index (χ3v) is 6.18. The van der Waals surface area contributed by atoms with Gasteiger partial charge in [-0.1, -0.05) is 53.7 Å². The predicted octanol–water partition coefficient (Wildman–Crippen LogP) is 8.05. The minimum absolute atomic E-state index is 0.113. The van der Waals surface area contributed by atoms with Gasteiger partial charge in [0.15, 0.2) is 0 Å². The third-order valence-electron chi connectivity index (χ3n) is 6.18. The number of halogens is 1. The normalized spacial score (nSPS) is 15.8. The van der Waals surface area contributed by atoms with Crippen molar-refractivity contribution in [2.24, 2.45) is 0 Å². The molecule has 1 atom stereocenters. The number of nitrogens with one attached hydrogen (secondary N) is 1. The maximum atomic E-state index is 13.2. The van der Waals surface area contributed by atoms with Gasteiger partial charge < -0.3 is 10.1 Å². The Labute approximate surface area is 227 Å². The molecule has 0 saturated heterocycles. The van der Waals surface area contributed by atoms with E-state index < -0.39 is 5.54 Å². The Morgan fingerprint density at radius 3 is 2.34 bits per heavy atom. The molecule has 1 N–H and O–H groups in total. The molecule has 2 aliphatic rings. The number of amides is 1. The van der Waals surface area contributed by atoms with Crippen LogP contribution in [0.3, 0.4) is 0 Å². The quantitative estimate of drug-likeness (QED) is 0.371. The van der Waals surface area contributed by atoms with Crippen LogP contribution in [0, 0.1) is 17.1 Å². The molecule has 0 aliphatic heterocycles. The number of aryl methyl sites for hydroxylation is 1. The van der Waals surface area contributed by atoms with Gasteiger partial charge in [0, 0.05) is 16.8 Å². The first kappa shape index (κ1) is 30.5. The van der Waals surface area contributed by atoms with Crippen molar-refractivity contribution in [2.75, 3.05) is 0 Å². The third kappa shape index (κ3) is 7.41. The van der Waals surface area contributed by atoms with Gasteiger partial charge in [0.1, 0.15) is 17.7 Å². The molecule has 0 radical (unpaired) electrons. The average molecular weight is 518 g/mol. The number of ether oxygens (including phenoxy) is 1. The van der Waals surface area contributed by atoms with Crippen LogP contribution in [0.5, 0.6) is 5.75 Å². The van der Waals surface area contributed by atoms with E-state index in [-0.39, 0.29) is 17.8 Å². The Morgan fingerprint density at radius 1 is 1.03 bits per heavy atom. The summed E-state index contributed by atoms with van der Waals surface area (Å²) >= 11 is 0. The molecule has 2 aromatic carbocycles. The highest BCUT2D eigenvalue weighted by molar-refractivity contribution is 5.95. The molecule has 0 spiro atoms. The fraction of sp³-hybridized carbons (Fsp3) is 0.406. The Kier molecular flexibility index (Phi) is 11.9. The molecule has 6 heteroatoms. The van der Waals surface area contributed by atoms with E-state index in [2.05, 4.69) is 17.5 Å². The van der Waals surface area contributed by atoms with E-state index in [4.69, 9.17) is 15.0 Å². The molecule has 1 saturated carbocycles. The number of aromatic nitrogens is 1. The monoisotopic (exact) mass is 517 g/mol. The molecule has 202 valence electrons. The highest BCUT2D eigenvalue weighted by Crippen LogP contribution is 2.46. The molecular weight excluding hydrogens is 477 g/mol. The first-order valence-electron chi connectivity index (χ1n) is 13.8. The van der Waals surface area contributed by atoms with Crippen molar-refractivity contribution in [3.8, 4) is 11.8 Å². The maximum absolute atomic E-state index is 13.2. The molecule has 1 fully saturated rings. The standard InChI is InChI=1S/C26H22FN3O2.3C2H6/c27-19-9-7-18(8-10-19)25(31)30-26(13-14-26)24-12-11-21-22(29-24)5-2-6-23(21)32-20-4-1-3-17(15-20)16-28;3*1-2/h1,3-4,7-12,15,23H,2,5-6,13-14H2,(H,30,31);3*1-2H3. The lowest BCUT2D eigenvalue weighted by molar-refractivity contribution is 0.0929. The fourth-order valence-corrected chi connectivity index (χ4v) is 4.27. The number of nitriles is 1. The van der Waals surface area contributed by atoms with Crippen molar-refractivity contribution in [2.45, 2.75) is 85.3 Å². The van der Waals surface area contributed by atoms with Crippen LogP contribution in [0.2, 0.25) is 0 Å². The summed E-state index contributed by atoms with van der Waals surface area (Å²) in [5.74, 6) is 0.0898. The fourth-order valence-electron chi connectivity index (χ4n) is 4.27. The lowest BCUT2D eigenvalue weighted by atomic mass is 9.92. The Bertz CT molecular complexity index is 1210. The topological polar surface area (TPSA) is 75.0 Å². The number of carbonyl (C=O) groups is 1. The lowest BCUT2D eigenvalue weighted by Crippen LogP contribution is -2.36. The SMILES string of the molecule is CC.CC.CC.N#Cc1cccc(OC2CCCc3nc(C4(NC(=O)c5ccc(F)cc5)CC4)ccc32)c1. The largest absolute Gasteiger partial charge is 0.486 e. The second-order valence-electron chi connectivity index (χ2n) is 8.41. The highest BCUT2D eigenvalue weighted by Gasteiger charge is 2.47. The van der Waals surface area contributed by atoms with Crippen LogP contribution in [0.4, 0.5) is 4.39 Å². The molecule has 3 aromatic rings. The molecule has 2 aliphatic carbocycles. The minimum atomic E-state index is -0.463. The summed E-state index contributed by atoms with van der Waals surface area (Å²) in [7, 11) is 0. The van der Waals surface area contributed by atoms with Gasteiger partial charge in [-0.2, -0.15) is 5.26 Å². The van der Waals surface area contributed by atoms with E-state index >= 15 is 0 Å². The van der Waals surface area contributed by atoms with Gasteiger partial charge in [0.05, 0.1) is 22.9 Å². The molecular formula is C32H40FN3O2. The number of benzene rings is 2. The second-order valence-corrected chi connectivity index (χ2v) is 8.41. The summed E-state index contributed by atoms with van der Waals surface area (Å²) in [5.41, 5.74) is 3.46. The van der Waals surface area contributed by atoms with Crippen LogP contribution in [0.15, 0.2) is 60.7 Å². The molecule has 5 rings (SSSR count). The summed E-state index contributed by atoms with van der Waals surface area (Å²) in [6.45, 7) is 12.0. The Hall–Kier alpha value is -3.72. The van der Waals surface area contributed by atoms with Gasteiger partial charge in [-0.25, -0.2) is 4.39 Å². The van der Waals surface area contributed by atoms with Gasteiger partial charge in [0.25, 0.3) is 5.91 Å². The van der Waals surface area contributed by atoms with Crippen molar-refractivity contribution < 1.29 is 13.9 Å². The Morgan fingerprint density at radius 2 is 1.71 bits per heavy atom. The van der Waals surface area contributed by atoms with Gasteiger partial charge in [-0.3, -0.25) is 9.78 Å². The van der Waals surface area contributed by atoms with Crippen LogP contribution >= 0.6 is 0 Å². The van der Waals surface area contributed by atoms with E-state index in [1.54, 1.807) is 12.1 Å². The van der Waals surface area contributed by atoms with Gasteiger partial charge in [-0.05, 0) is 80.6 Å². The number of hydrogen-bond donors (Lipinski definition) is 1. The zero-order valence-corrected chi connectivity index (χ0v) is 23.5. The van der Waals surface area contributed by atoms with Crippen molar-refractivity contribution in [1.82, 2.24) is 10.3 Å². The number of fused-ring (bicyclic) bond motifs is 1. The molecule has 38 heavy (non-hydrogen) atoms. The number of carbonyl (C=O) groups excluding carboxylic acids is 1. The zero-order valence-electron chi connectivity index (χ0n) is 23.5. The summed E-state index contributed by atoms with van der Waals surface area (Å²) in [6, 6.07) is 18.9. The van der Waals surface area contributed by atoms with Crippen molar-refractivity contribution >= 4 is 5.91 Å². The van der Waals surface area contributed by atoms with Gasteiger partial charge in [-0.15, -0.1) is 0 Å². The van der Waals surface area contributed by atoms with Gasteiger partial charge >= 0.3 is 0 Å². The van der Waals surface area contributed by atoms with E-state index in [9.17, 15) is 9.18 Å². The molecule has 0 bridgehead atoms. The van der Waals surface area contributed by atoms with E-state index in [1.807, 2.05) is 59.7 Å². The Balaban J connectivity index is 0.000000791. The van der Waals surface area contributed by atoms with Crippen LogP contribution in [-0.4, -0.2) is 10.9 Å². The highest BCUT2D eigenvalue weighted by atomic mass is 19.1. The van der Waals surface area contributed by atoms with Crippen LogP contribution in [0.25, 0.3) is 0 Å². The molecule has 5 nitrogen and oxygen atoms in total. The smallest absolute Gasteiger partial charge is 0.252 e. The molecule has 1 aromatic heterocycles.